The highest BCUT2D eigenvalue weighted by atomic mass is 32.1. The molecule has 3 aromatic carbocycles. The van der Waals surface area contributed by atoms with E-state index in [4.69, 9.17) is 4.37 Å². The molecule has 1 aromatic heterocycles. The average Bonchev–Trinajstić information content (AvgIpc) is 3.34. The highest BCUT2D eigenvalue weighted by molar-refractivity contribution is 7.13. The number of fused-ring (bicyclic) bond motifs is 1. The molecule has 7 heteroatoms. The van der Waals surface area contributed by atoms with Crippen LogP contribution in [0.3, 0.4) is 0 Å². The Hall–Kier alpha value is -3.42. The number of benzene rings is 3. The van der Waals surface area contributed by atoms with Crippen LogP contribution < -0.4 is 15.1 Å². The maximum absolute atomic E-state index is 13.3. The van der Waals surface area contributed by atoms with Gasteiger partial charge in [-0.25, -0.2) is 4.79 Å². The van der Waals surface area contributed by atoms with Gasteiger partial charge in [-0.3, -0.25) is 9.80 Å². The molecule has 4 aromatic rings. The SMILES string of the molecule is Cc1ccc(NC(=O)N(c2ccccc2CCN2CCN(c3nsc4ccccc34)CC2)C(C)C)cc1. The van der Waals surface area contributed by atoms with Gasteiger partial charge in [-0.1, -0.05) is 48.0 Å². The summed E-state index contributed by atoms with van der Waals surface area (Å²) in [4.78, 5) is 20.1. The minimum atomic E-state index is -0.101. The van der Waals surface area contributed by atoms with Crippen LogP contribution in [0.2, 0.25) is 0 Å². The van der Waals surface area contributed by atoms with E-state index in [2.05, 4.69) is 71.4 Å². The van der Waals surface area contributed by atoms with Gasteiger partial charge in [0.25, 0.3) is 0 Å². The van der Waals surface area contributed by atoms with E-state index >= 15 is 0 Å². The van der Waals surface area contributed by atoms with Gasteiger partial charge in [-0.15, -0.1) is 0 Å². The summed E-state index contributed by atoms with van der Waals surface area (Å²) in [6.45, 7) is 11.1. The van der Waals surface area contributed by atoms with Crippen molar-refractivity contribution in [1.29, 1.82) is 0 Å². The molecule has 5 rings (SSSR count). The maximum Gasteiger partial charge on any atom is 0.326 e. The molecule has 37 heavy (non-hydrogen) atoms. The number of amides is 2. The third-order valence-electron chi connectivity index (χ3n) is 7.02. The van der Waals surface area contributed by atoms with Crippen LogP contribution in [-0.2, 0) is 6.42 Å². The predicted octanol–water partition coefficient (Wildman–Crippen LogP) is 6.42. The molecule has 1 fully saturated rings. The summed E-state index contributed by atoms with van der Waals surface area (Å²) in [6, 6.07) is 24.7. The molecule has 0 spiro atoms. The summed E-state index contributed by atoms with van der Waals surface area (Å²) < 4.78 is 5.99. The molecular formula is C30H35N5OS. The number of para-hydroxylation sites is 1. The lowest BCUT2D eigenvalue weighted by Gasteiger charge is -2.35. The van der Waals surface area contributed by atoms with Gasteiger partial charge < -0.3 is 10.2 Å². The van der Waals surface area contributed by atoms with Crippen LogP contribution >= 0.6 is 11.5 Å². The average molecular weight is 514 g/mol. The van der Waals surface area contributed by atoms with Crippen molar-refractivity contribution in [2.45, 2.75) is 33.2 Å². The predicted molar refractivity (Wildman–Crippen MR) is 156 cm³/mol. The molecule has 1 aliphatic heterocycles. The molecule has 0 saturated carbocycles. The smallest absolute Gasteiger partial charge is 0.326 e. The maximum atomic E-state index is 13.3. The van der Waals surface area contributed by atoms with Crippen LogP contribution in [0.5, 0.6) is 0 Å². The molecule has 0 unspecified atom stereocenters. The summed E-state index contributed by atoms with van der Waals surface area (Å²) >= 11 is 1.58. The number of aryl methyl sites for hydroxylation is 1. The van der Waals surface area contributed by atoms with E-state index in [1.165, 1.54) is 21.2 Å². The Morgan fingerprint density at radius 1 is 0.973 bits per heavy atom. The molecule has 1 aliphatic rings. The number of nitrogens with zero attached hydrogens (tertiary/aromatic N) is 4. The number of anilines is 3. The van der Waals surface area contributed by atoms with Gasteiger partial charge in [-0.2, -0.15) is 4.37 Å². The molecule has 0 radical (unpaired) electrons. The van der Waals surface area contributed by atoms with E-state index in [0.29, 0.717) is 0 Å². The van der Waals surface area contributed by atoms with E-state index in [1.54, 1.807) is 11.5 Å². The van der Waals surface area contributed by atoms with Gasteiger partial charge in [0.1, 0.15) is 5.82 Å². The minimum Gasteiger partial charge on any atom is -0.353 e. The monoisotopic (exact) mass is 513 g/mol. The molecule has 6 nitrogen and oxygen atoms in total. The van der Waals surface area contributed by atoms with Gasteiger partial charge in [0.15, 0.2) is 0 Å². The van der Waals surface area contributed by atoms with Crippen molar-refractivity contribution < 1.29 is 4.79 Å². The zero-order valence-corrected chi connectivity index (χ0v) is 22.7. The van der Waals surface area contributed by atoms with Crippen LogP contribution in [0.4, 0.5) is 22.0 Å². The zero-order valence-electron chi connectivity index (χ0n) is 21.9. The topological polar surface area (TPSA) is 51.7 Å². The first-order valence-electron chi connectivity index (χ1n) is 13.1. The van der Waals surface area contributed by atoms with E-state index in [9.17, 15) is 4.79 Å². The summed E-state index contributed by atoms with van der Waals surface area (Å²) in [5, 5.41) is 4.34. The summed E-state index contributed by atoms with van der Waals surface area (Å²) in [7, 11) is 0. The first-order valence-corrected chi connectivity index (χ1v) is 13.8. The molecule has 0 bridgehead atoms. The number of piperazine rings is 1. The first-order chi connectivity index (χ1) is 18.0. The fraction of sp³-hybridized carbons (Fsp3) is 0.333. The Morgan fingerprint density at radius 3 is 2.43 bits per heavy atom. The number of carbonyl (C=O) groups is 1. The lowest BCUT2D eigenvalue weighted by Crippen LogP contribution is -2.47. The number of hydrogen-bond acceptors (Lipinski definition) is 5. The lowest BCUT2D eigenvalue weighted by atomic mass is 10.1. The summed E-state index contributed by atoms with van der Waals surface area (Å²) in [5.74, 6) is 1.12. The van der Waals surface area contributed by atoms with Crippen LogP contribution in [0.15, 0.2) is 72.8 Å². The van der Waals surface area contributed by atoms with Crippen molar-refractivity contribution in [3.8, 4) is 0 Å². The molecule has 1 N–H and O–H groups in total. The van der Waals surface area contributed by atoms with Gasteiger partial charge in [0.05, 0.1) is 4.70 Å². The Kier molecular flexibility index (Phi) is 7.72. The highest BCUT2D eigenvalue weighted by Gasteiger charge is 2.24. The van der Waals surface area contributed by atoms with Crippen molar-refractivity contribution in [2.24, 2.45) is 0 Å². The largest absolute Gasteiger partial charge is 0.353 e. The second kappa shape index (κ2) is 11.3. The van der Waals surface area contributed by atoms with Gasteiger partial charge in [0.2, 0.25) is 0 Å². The second-order valence-corrected chi connectivity index (χ2v) is 10.8. The second-order valence-electron chi connectivity index (χ2n) is 9.97. The number of urea groups is 1. The van der Waals surface area contributed by atoms with Crippen LogP contribution in [0.25, 0.3) is 10.1 Å². The van der Waals surface area contributed by atoms with E-state index in [-0.39, 0.29) is 12.1 Å². The zero-order chi connectivity index (χ0) is 25.8. The molecule has 2 amide bonds. The lowest BCUT2D eigenvalue weighted by molar-refractivity contribution is 0.255. The standard InChI is InChI=1S/C30H35N5OS/c1-22(2)35(30(36)31-25-14-12-23(3)13-15-25)27-10-6-4-8-24(27)16-17-33-18-20-34(21-19-33)29-26-9-5-7-11-28(26)37-32-29/h4-15,22H,16-21H2,1-3H3,(H,31,36). The highest BCUT2D eigenvalue weighted by Crippen LogP contribution is 2.30. The fourth-order valence-corrected chi connectivity index (χ4v) is 5.76. The first kappa shape index (κ1) is 25.2. The molecular weight excluding hydrogens is 478 g/mol. The van der Waals surface area contributed by atoms with E-state index in [0.717, 1.165) is 56.3 Å². The van der Waals surface area contributed by atoms with Crippen LogP contribution in [0, 0.1) is 6.92 Å². The van der Waals surface area contributed by atoms with Gasteiger partial charge in [0, 0.05) is 55.5 Å². The van der Waals surface area contributed by atoms with E-state index in [1.807, 2.05) is 42.2 Å². The van der Waals surface area contributed by atoms with Crippen molar-refractivity contribution in [3.05, 3.63) is 83.9 Å². The van der Waals surface area contributed by atoms with Crippen molar-refractivity contribution in [1.82, 2.24) is 9.27 Å². The quantitative estimate of drug-likeness (QED) is 0.310. The van der Waals surface area contributed by atoms with Gasteiger partial charge >= 0.3 is 6.03 Å². The summed E-state index contributed by atoms with van der Waals surface area (Å²) in [5.41, 5.74) is 4.16. The summed E-state index contributed by atoms with van der Waals surface area (Å²) in [6.07, 6.45) is 0.900. The number of hydrogen-bond donors (Lipinski definition) is 1. The normalized spacial score (nSPS) is 14.3. The van der Waals surface area contributed by atoms with Gasteiger partial charge in [-0.05, 0) is 74.6 Å². The third kappa shape index (κ3) is 5.78. The Labute approximate surface area is 223 Å². The number of nitrogens with one attached hydrogen (secondary N) is 1. The van der Waals surface area contributed by atoms with Crippen LogP contribution in [0.1, 0.15) is 25.0 Å². The Morgan fingerprint density at radius 2 is 1.68 bits per heavy atom. The minimum absolute atomic E-state index is 0.0306. The number of rotatable bonds is 7. The Bertz CT molecular complexity index is 1340. The molecule has 192 valence electrons. The molecule has 0 atom stereocenters. The van der Waals surface area contributed by atoms with Crippen molar-refractivity contribution in [2.75, 3.05) is 47.8 Å². The van der Waals surface area contributed by atoms with E-state index < -0.39 is 0 Å². The molecule has 0 aliphatic carbocycles. The number of carbonyl (C=O) groups excluding carboxylic acids is 1. The number of aromatic nitrogens is 1. The third-order valence-corrected chi connectivity index (χ3v) is 7.83. The fourth-order valence-electron chi connectivity index (χ4n) is 4.96. The van der Waals surface area contributed by atoms with Crippen molar-refractivity contribution >= 4 is 44.8 Å². The molecule has 2 heterocycles. The van der Waals surface area contributed by atoms with Crippen LogP contribution in [-0.4, -0.2) is 54.1 Å². The molecule has 1 saturated heterocycles. The van der Waals surface area contributed by atoms with Crippen molar-refractivity contribution in [3.63, 3.8) is 0 Å². The Balaban J connectivity index is 1.23.